The molecule has 4 heterocycles. The Hall–Kier alpha value is -2.89. The third-order valence-electron chi connectivity index (χ3n) is 5.15. The molecule has 4 rings (SSSR count). The summed E-state index contributed by atoms with van der Waals surface area (Å²) in [5.41, 5.74) is 3.48. The number of rotatable bonds is 4. The summed E-state index contributed by atoms with van der Waals surface area (Å²) in [5, 5.41) is 2.91. The van der Waals surface area contributed by atoms with Crippen LogP contribution in [0.2, 0.25) is 0 Å². The monoisotopic (exact) mass is 363 g/mol. The summed E-state index contributed by atoms with van der Waals surface area (Å²) in [6, 6.07) is 7.94. The molecule has 0 aliphatic carbocycles. The highest BCUT2D eigenvalue weighted by Crippen LogP contribution is 2.22. The fourth-order valence-corrected chi connectivity index (χ4v) is 3.48. The molecule has 3 aromatic heterocycles. The van der Waals surface area contributed by atoms with Crippen LogP contribution in [-0.2, 0) is 11.2 Å². The molecule has 6 nitrogen and oxygen atoms in total. The van der Waals surface area contributed by atoms with E-state index < -0.39 is 0 Å². The molecule has 0 bridgehead atoms. The van der Waals surface area contributed by atoms with Crippen molar-refractivity contribution < 1.29 is 4.79 Å². The predicted molar refractivity (Wildman–Crippen MR) is 107 cm³/mol. The minimum atomic E-state index is -0.0866. The summed E-state index contributed by atoms with van der Waals surface area (Å²) >= 11 is 0. The number of nitrogens with one attached hydrogen (secondary N) is 1. The van der Waals surface area contributed by atoms with Crippen LogP contribution in [0.25, 0.3) is 5.65 Å². The number of hydrogen-bond donors (Lipinski definition) is 1. The first-order valence-corrected chi connectivity index (χ1v) is 9.52. The van der Waals surface area contributed by atoms with Crippen molar-refractivity contribution in [1.29, 1.82) is 0 Å². The highest BCUT2D eigenvalue weighted by atomic mass is 16.1. The third kappa shape index (κ3) is 4.10. The summed E-state index contributed by atoms with van der Waals surface area (Å²) in [6.07, 6.45) is 8.25. The number of piperidine rings is 1. The molecule has 0 unspecified atom stereocenters. The van der Waals surface area contributed by atoms with Crippen molar-refractivity contribution in [2.24, 2.45) is 5.92 Å². The Morgan fingerprint density at radius 3 is 2.81 bits per heavy atom. The second kappa shape index (κ2) is 7.39. The molecule has 1 amide bonds. The summed E-state index contributed by atoms with van der Waals surface area (Å²) in [4.78, 5) is 23.7. The summed E-state index contributed by atoms with van der Waals surface area (Å²) in [7, 11) is 0. The Labute approximate surface area is 159 Å². The van der Waals surface area contributed by atoms with Gasteiger partial charge in [-0.25, -0.2) is 9.97 Å². The molecule has 140 valence electrons. The fraction of sp³-hybridized carbons (Fsp3) is 0.381. The normalized spacial score (nSPS) is 15.3. The number of nitrogens with zero attached hydrogens (tertiary/aromatic N) is 4. The van der Waals surface area contributed by atoms with Gasteiger partial charge in [0, 0.05) is 25.5 Å². The maximum absolute atomic E-state index is 12.3. The van der Waals surface area contributed by atoms with Gasteiger partial charge in [-0.1, -0.05) is 6.92 Å². The van der Waals surface area contributed by atoms with Crippen LogP contribution in [0.5, 0.6) is 0 Å². The van der Waals surface area contributed by atoms with Gasteiger partial charge in [0.05, 0.1) is 24.0 Å². The molecule has 1 N–H and O–H groups in total. The van der Waals surface area contributed by atoms with Crippen molar-refractivity contribution in [3.8, 4) is 0 Å². The number of carbonyl (C=O) groups excluding carboxylic acids is 1. The first-order chi connectivity index (χ1) is 13.1. The first-order valence-electron chi connectivity index (χ1n) is 9.52. The van der Waals surface area contributed by atoms with E-state index in [1.54, 1.807) is 6.20 Å². The van der Waals surface area contributed by atoms with Crippen molar-refractivity contribution in [1.82, 2.24) is 14.4 Å². The molecule has 1 aliphatic rings. The van der Waals surface area contributed by atoms with Crippen molar-refractivity contribution >= 4 is 23.1 Å². The highest BCUT2D eigenvalue weighted by molar-refractivity contribution is 5.92. The molecule has 0 saturated carbocycles. The lowest BCUT2D eigenvalue weighted by molar-refractivity contribution is -0.115. The van der Waals surface area contributed by atoms with Crippen LogP contribution in [0.15, 0.2) is 42.9 Å². The van der Waals surface area contributed by atoms with Crippen molar-refractivity contribution in [2.45, 2.75) is 33.1 Å². The van der Waals surface area contributed by atoms with Gasteiger partial charge in [-0.05, 0) is 55.5 Å². The third-order valence-corrected chi connectivity index (χ3v) is 5.15. The summed E-state index contributed by atoms with van der Waals surface area (Å²) in [5.74, 6) is 1.69. The van der Waals surface area contributed by atoms with Crippen LogP contribution in [0, 0.1) is 12.8 Å². The SMILES string of the molecule is Cc1ccn2cc(CC(=O)Nc3ccc(N4CCC(C)CC4)nc3)nc2c1. The zero-order chi connectivity index (χ0) is 18.8. The zero-order valence-electron chi connectivity index (χ0n) is 15.9. The number of fused-ring (bicyclic) bond motifs is 1. The van der Waals surface area contributed by atoms with E-state index in [1.807, 2.05) is 48.0 Å². The first kappa shape index (κ1) is 17.5. The summed E-state index contributed by atoms with van der Waals surface area (Å²) < 4.78 is 1.94. The minimum Gasteiger partial charge on any atom is -0.357 e. The zero-order valence-corrected chi connectivity index (χ0v) is 15.9. The van der Waals surface area contributed by atoms with Crippen molar-refractivity contribution in [2.75, 3.05) is 23.3 Å². The van der Waals surface area contributed by atoms with Gasteiger partial charge in [0.25, 0.3) is 0 Å². The highest BCUT2D eigenvalue weighted by Gasteiger charge is 2.17. The van der Waals surface area contributed by atoms with E-state index in [2.05, 4.69) is 27.1 Å². The average Bonchev–Trinajstić information content (AvgIpc) is 3.04. The number of aromatic nitrogens is 3. The molecule has 3 aromatic rings. The molecule has 1 saturated heterocycles. The van der Waals surface area contributed by atoms with E-state index in [0.717, 1.165) is 41.7 Å². The topological polar surface area (TPSA) is 62.5 Å². The van der Waals surface area contributed by atoms with Gasteiger partial charge in [0.2, 0.25) is 5.91 Å². The molecule has 1 fully saturated rings. The predicted octanol–water partition coefficient (Wildman–Crippen LogP) is 3.46. The van der Waals surface area contributed by atoms with Gasteiger partial charge < -0.3 is 14.6 Å². The summed E-state index contributed by atoms with van der Waals surface area (Å²) in [6.45, 7) is 6.43. The molecule has 27 heavy (non-hydrogen) atoms. The Bertz CT molecular complexity index is 939. The molecule has 6 heteroatoms. The number of imidazole rings is 1. The van der Waals surface area contributed by atoms with Crippen LogP contribution in [0.4, 0.5) is 11.5 Å². The van der Waals surface area contributed by atoms with E-state index in [4.69, 9.17) is 0 Å². The van der Waals surface area contributed by atoms with Crippen LogP contribution in [0.3, 0.4) is 0 Å². The molecule has 0 radical (unpaired) electrons. The lowest BCUT2D eigenvalue weighted by atomic mass is 9.99. The maximum atomic E-state index is 12.3. The molecule has 0 spiro atoms. The van der Waals surface area contributed by atoms with Crippen LogP contribution in [-0.4, -0.2) is 33.4 Å². The Balaban J connectivity index is 1.37. The van der Waals surface area contributed by atoms with E-state index >= 15 is 0 Å². The molecule has 0 atom stereocenters. The van der Waals surface area contributed by atoms with E-state index in [-0.39, 0.29) is 12.3 Å². The van der Waals surface area contributed by atoms with Gasteiger partial charge in [-0.3, -0.25) is 4.79 Å². The number of carbonyl (C=O) groups is 1. The standard InChI is InChI=1S/C21H25N5O/c1-15-5-8-25(9-6-15)19-4-3-17(13-22-19)24-21(27)12-18-14-26-10-7-16(2)11-20(26)23-18/h3-4,7,10-11,13-15H,5-6,8-9,12H2,1-2H3,(H,24,27). The van der Waals surface area contributed by atoms with Gasteiger partial charge >= 0.3 is 0 Å². The lowest BCUT2D eigenvalue weighted by Crippen LogP contribution is -2.33. The smallest absolute Gasteiger partial charge is 0.230 e. The molecule has 0 aromatic carbocycles. The van der Waals surface area contributed by atoms with Gasteiger partial charge in [0.15, 0.2) is 0 Å². The molecular weight excluding hydrogens is 338 g/mol. The number of amides is 1. The van der Waals surface area contributed by atoms with Crippen LogP contribution in [0.1, 0.15) is 31.0 Å². The van der Waals surface area contributed by atoms with Gasteiger partial charge in [-0.2, -0.15) is 0 Å². The second-order valence-electron chi connectivity index (χ2n) is 7.50. The van der Waals surface area contributed by atoms with Gasteiger partial charge in [0.1, 0.15) is 11.5 Å². The van der Waals surface area contributed by atoms with E-state index in [1.165, 1.54) is 12.8 Å². The van der Waals surface area contributed by atoms with E-state index in [0.29, 0.717) is 5.69 Å². The average molecular weight is 363 g/mol. The van der Waals surface area contributed by atoms with E-state index in [9.17, 15) is 4.79 Å². The Morgan fingerprint density at radius 1 is 1.26 bits per heavy atom. The number of aryl methyl sites for hydroxylation is 1. The van der Waals surface area contributed by atoms with Crippen LogP contribution < -0.4 is 10.2 Å². The number of pyridine rings is 2. The molecule has 1 aliphatic heterocycles. The quantitative estimate of drug-likeness (QED) is 0.771. The second-order valence-corrected chi connectivity index (χ2v) is 7.50. The molecular formula is C21H25N5O. The Kier molecular flexibility index (Phi) is 4.79. The largest absolute Gasteiger partial charge is 0.357 e. The minimum absolute atomic E-state index is 0.0866. The van der Waals surface area contributed by atoms with Crippen LogP contribution >= 0.6 is 0 Å². The van der Waals surface area contributed by atoms with Crippen molar-refractivity contribution in [3.05, 3.63) is 54.1 Å². The fourth-order valence-electron chi connectivity index (χ4n) is 3.48. The van der Waals surface area contributed by atoms with Crippen molar-refractivity contribution in [3.63, 3.8) is 0 Å². The Morgan fingerprint density at radius 2 is 2.07 bits per heavy atom. The maximum Gasteiger partial charge on any atom is 0.230 e. The lowest BCUT2D eigenvalue weighted by Gasteiger charge is -2.31. The number of hydrogen-bond acceptors (Lipinski definition) is 4. The van der Waals surface area contributed by atoms with Gasteiger partial charge in [-0.15, -0.1) is 0 Å². The number of anilines is 2.